The first kappa shape index (κ1) is 10.7. The van der Waals surface area contributed by atoms with Crippen LogP contribution in [0.3, 0.4) is 0 Å². The molecule has 0 spiro atoms. The zero-order valence-electron chi connectivity index (χ0n) is 8.42. The van der Waals surface area contributed by atoms with E-state index in [-0.39, 0.29) is 5.78 Å². The van der Waals surface area contributed by atoms with Crippen molar-refractivity contribution in [3.8, 4) is 0 Å². The highest BCUT2D eigenvalue weighted by Gasteiger charge is 2.08. The van der Waals surface area contributed by atoms with E-state index >= 15 is 0 Å². The molecule has 3 heteroatoms. The molecule has 1 rings (SSSR count). The third-order valence-corrected chi connectivity index (χ3v) is 1.97. The fourth-order valence-electron chi connectivity index (χ4n) is 1.34. The number of ketones is 1. The molecular formula is C11H16N2O. The highest BCUT2D eigenvalue weighted by atomic mass is 16.1. The second-order valence-corrected chi connectivity index (χ2v) is 3.04. The van der Waals surface area contributed by atoms with E-state index in [2.05, 4.69) is 5.32 Å². The topological polar surface area (TPSA) is 55.1 Å². The summed E-state index contributed by atoms with van der Waals surface area (Å²) in [5.74, 6) is 0.101. The fraction of sp³-hybridized carbons (Fsp3) is 0.364. The van der Waals surface area contributed by atoms with E-state index in [1.165, 1.54) is 0 Å². The molecule has 0 amide bonds. The Hall–Kier alpha value is -1.35. The molecule has 0 unspecified atom stereocenters. The maximum atomic E-state index is 11.6. The Morgan fingerprint density at radius 3 is 2.79 bits per heavy atom. The Morgan fingerprint density at radius 2 is 2.14 bits per heavy atom. The van der Waals surface area contributed by atoms with Gasteiger partial charge >= 0.3 is 0 Å². The normalized spacial score (nSPS) is 9.86. The first-order valence-electron chi connectivity index (χ1n) is 4.85. The summed E-state index contributed by atoms with van der Waals surface area (Å²) in [5, 5.41) is 3.15. The number of nitrogens with two attached hydrogens (primary N) is 1. The highest BCUT2D eigenvalue weighted by Crippen LogP contribution is 2.16. The standard InChI is InChI=1S/C11H16N2O/c1-2-13-10-6-4-3-5-9(10)11(14)7-8-12/h3-6,13H,2,7-8,12H2,1H3. The van der Waals surface area contributed by atoms with Gasteiger partial charge in [-0.3, -0.25) is 4.79 Å². The average molecular weight is 192 g/mol. The maximum absolute atomic E-state index is 11.6. The van der Waals surface area contributed by atoms with Gasteiger partial charge in [0.25, 0.3) is 0 Å². The van der Waals surface area contributed by atoms with Crippen LogP contribution in [0.1, 0.15) is 23.7 Å². The van der Waals surface area contributed by atoms with E-state index in [0.29, 0.717) is 13.0 Å². The lowest BCUT2D eigenvalue weighted by Crippen LogP contribution is -2.11. The third-order valence-electron chi connectivity index (χ3n) is 1.97. The van der Waals surface area contributed by atoms with Gasteiger partial charge in [0.1, 0.15) is 0 Å². The average Bonchev–Trinajstić information content (AvgIpc) is 2.19. The molecule has 0 fully saturated rings. The zero-order chi connectivity index (χ0) is 10.4. The Kier molecular flexibility index (Phi) is 4.13. The smallest absolute Gasteiger partial charge is 0.166 e. The molecule has 0 saturated heterocycles. The van der Waals surface area contributed by atoms with E-state index in [9.17, 15) is 4.79 Å². The summed E-state index contributed by atoms with van der Waals surface area (Å²) < 4.78 is 0. The van der Waals surface area contributed by atoms with Crippen LogP contribution < -0.4 is 11.1 Å². The number of carbonyl (C=O) groups is 1. The van der Waals surface area contributed by atoms with E-state index < -0.39 is 0 Å². The summed E-state index contributed by atoms with van der Waals surface area (Å²) in [4.78, 5) is 11.6. The molecule has 0 saturated carbocycles. The second kappa shape index (κ2) is 5.40. The zero-order valence-corrected chi connectivity index (χ0v) is 8.42. The minimum atomic E-state index is 0.101. The van der Waals surface area contributed by atoms with Crippen LogP contribution in [0.15, 0.2) is 24.3 Å². The molecule has 0 bridgehead atoms. The number of hydrogen-bond donors (Lipinski definition) is 2. The lowest BCUT2D eigenvalue weighted by Gasteiger charge is -2.08. The predicted octanol–water partition coefficient (Wildman–Crippen LogP) is 1.65. The van der Waals surface area contributed by atoms with Crippen LogP contribution in [-0.2, 0) is 0 Å². The van der Waals surface area contributed by atoms with Crippen LogP contribution in [0, 0.1) is 0 Å². The molecule has 0 aromatic heterocycles. The largest absolute Gasteiger partial charge is 0.385 e. The van der Waals surface area contributed by atoms with Crippen molar-refractivity contribution in [2.45, 2.75) is 13.3 Å². The van der Waals surface area contributed by atoms with Crippen LogP contribution >= 0.6 is 0 Å². The number of carbonyl (C=O) groups excluding carboxylic acids is 1. The molecule has 3 nitrogen and oxygen atoms in total. The van der Waals surface area contributed by atoms with Gasteiger partial charge in [-0.05, 0) is 25.6 Å². The lowest BCUT2D eigenvalue weighted by atomic mass is 10.1. The molecule has 0 aliphatic carbocycles. The lowest BCUT2D eigenvalue weighted by molar-refractivity contribution is 0.0986. The summed E-state index contributed by atoms with van der Waals surface area (Å²) in [6, 6.07) is 7.52. The number of benzene rings is 1. The van der Waals surface area contributed by atoms with Gasteiger partial charge in [0.05, 0.1) is 0 Å². The number of nitrogens with one attached hydrogen (secondary N) is 1. The van der Waals surface area contributed by atoms with Crippen molar-refractivity contribution in [1.29, 1.82) is 0 Å². The molecular weight excluding hydrogens is 176 g/mol. The second-order valence-electron chi connectivity index (χ2n) is 3.04. The first-order valence-corrected chi connectivity index (χ1v) is 4.85. The van der Waals surface area contributed by atoms with Crippen molar-refractivity contribution >= 4 is 11.5 Å². The molecule has 1 aromatic rings. The molecule has 0 aliphatic rings. The van der Waals surface area contributed by atoms with Gasteiger partial charge in [-0.2, -0.15) is 0 Å². The van der Waals surface area contributed by atoms with Gasteiger partial charge in [0.15, 0.2) is 5.78 Å². The van der Waals surface area contributed by atoms with Gasteiger partial charge in [0.2, 0.25) is 0 Å². The number of rotatable bonds is 5. The fourth-order valence-corrected chi connectivity index (χ4v) is 1.34. The number of hydrogen-bond acceptors (Lipinski definition) is 3. The van der Waals surface area contributed by atoms with E-state index in [0.717, 1.165) is 17.8 Å². The number of para-hydroxylation sites is 1. The van der Waals surface area contributed by atoms with Gasteiger partial charge in [0, 0.05) is 24.2 Å². The Bertz CT molecular complexity index is 310. The molecule has 0 heterocycles. The van der Waals surface area contributed by atoms with Crippen LogP contribution in [0.2, 0.25) is 0 Å². The number of anilines is 1. The molecule has 14 heavy (non-hydrogen) atoms. The Morgan fingerprint density at radius 1 is 1.43 bits per heavy atom. The summed E-state index contributed by atoms with van der Waals surface area (Å²) >= 11 is 0. The van der Waals surface area contributed by atoms with Crippen molar-refractivity contribution < 1.29 is 4.79 Å². The van der Waals surface area contributed by atoms with Crippen LogP contribution in [-0.4, -0.2) is 18.9 Å². The summed E-state index contributed by atoms with van der Waals surface area (Å²) in [7, 11) is 0. The van der Waals surface area contributed by atoms with Crippen molar-refractivity contribution in [3.05, 3.63) is 29.8 Å². The molecule has 0 aliphatic heterocycles. The van der Waals surface area contributed by atoms with Gasteiger partial charge in [-0.15, -0.1) is 0 Å². The Labute approximate surface area is 84.3 Å². The third kappa shape index (κ3) is 2.57. The van der Waals surface area contributed by atoms with Crippen LogP contribution in [0.4, 0.5) is 5.69 Å². The SMILES string of the molecule is CCNc1ccccc1C(=O)CCN. The van der Waals surface area contributed by atoms with Crippen molar-refractivity contribution in [1.82, 2.24) is 0 Å². The number of Topliss-reactive ketones (excluding diaryl/α,β-unsaturated/α-hetero) is 1. The van der Waals surface area contributed by atoms with Gasteiger partial charge in [-0.1, -0.05) is 12.1 Å². The first-order chi connectivity index (χ1) is 6.79. The van der Waals surface area contributed by atoms with E-state index in [1.807, 2.05) is 31.2 Å². The maximum Gasteiger partial charge on any atom is 0.166 e. The minimum Gasteiger partial charge on any atom is -0.385 e. The predicted molar refractivity (Wildman–Crippen MR) is 58.6 cm³/mol. The molecule has 76 valence electrons. The monoisotopic (exact) mass is 192 g/mol. The van der Waals surface area contributed by atoms with Crippen molar-refractivity contribution in [2.75, 3.05) is 18.4 Å². The minimum absolute atomic E-state index is 0.101. The van der Waals surface area contributed by atoms with Crippen LogP contribution in [0.5, 0.6) is 0 Å². The highest BCUT2D eigenvalue weighted by molar-refractivity contribution is 6.01. The molecule has 3 N–H and O–H groups in total. The van der Waals surface area contributed by atoms with E-state index in [4.69, 9.17) is 5.73 Å². The van der Waals surface area contributed by atoms with Gasteiger partial charge in [-0.25, -0.2) is 0 Å². The molecule has 1 aromatic carbocycles. The Balaban J connectivity index is 2.88. The van der Waals surface area contributed by atoms with Crippen LogP contribution in [0.25, 0.3) is 0 Å². The summed E-state index contributed by atoms with van der Waals surface area (Å²) in [6.07, 6.45) is 0.405. The molecule has 0 radical (unpaired) electrons. The summed E-state index contributed by atoms with van der Waals surface area (Å²) in [5.41, 5.74) is 6.98. The van der Waals surface area contributed by atoms with Crippen molar-refractivity contribution in [3.63, 3.8) is 0 Å². The van der Waals surface area contributed by atoms with Gasteiger partial charge < -0.3 is 11.1 Å². The molecule has 0 atom stereocenters. The quantitative estimate of drug-likeness (QED) is 0.697. The van der Waals surface area contributed by atoms with Crippen molar-refractivity contribution in [2.24, 2.45) is 5.73 Å². The van der Waals surface area contributed by atoms with E-state index in [1.54, 1.807) is 0 Å². The summed E-state index contributed by atoms with van der Waals surface area (Å²) in [6.45, 7) is 3.22.